The minimum Gasteiger partial charge on any atom is -0.480 e. The van der Waals surface area contributed by atoms with E-state index in [1.807, 2.05) is 0 Å². The molecule has 0 spiro atoms. The molecule has 1 unspecified atom stereocenters. The van der Waals surface area contributed by atoms with E-state index in [0.29, 0.717) is 12.8 Å². The summed E-state index contributed by atoms with van der Waals surface area (Å²) in [4.78, 5) is 21.5. The van der Waals surface area contributed by atoms with Crippen molar-refractivity contribution < 1.29 is 19.2 Å². The summed E-state index contributed by atoms with van der Waals surface area (Å²) < 4.78 is 13.7. The molecule has 1 aromatic carbocycles. The number of carbonyl (C=O) groups is 1. The second-order valence-electron chi connectivity index (χ2n) is 4.80. The number of carboxylic acid groups (broad SMARTS) is 1. The molecule has 1 aliphatic rings. The van der Waals surface area contributed by atoms with Crippen LogP contribution in [0, 0.1) is 21.8 Å². The first-order valence-corrected chi connectivity index (χ1v) is 5.80. The van der Waals surface area contributed by atoms with Crippen molar-refractivity contribution in [2.75, 3.05) is 5.32 Å². The zero-order chi connectivity index (χ0) is 14.2. The molecule has 0 amide bonds. The van der Waals surface area contributed by atoms with Gasteiger partial charge in [-0.3, -0.25) is 10.1 Å². The highest BCUT2D eigenvalue weighted by Gasteiger charge is 2.48. The lowest BCUT2D eigenvalue weighted by Crippen LogP contribution is -2.46. The molecule has 0 saturated heterocycles. The van der Waals surface area contributed by atoms with Gasteiger partial charge in [-0.15, -0.1) is 0 Å². The third kappa shape index (κ3) is 2.35. The van der Waals surface area contributed by atoms with Gasteiger partial charge in [0.05, 0.1) is 4.92 Å². The lowest BCUT2D eigenvalue weighted by molar-refractivity contribution is -0.384. The van der Waals surface area contributed by atoms with Crippen molar-refractivity contribution in [2.24, 2.45) is 5.92 Å². The SMILES string of the molecule is CC(Nc1c(F)cccc1[N+](=O)[O-])(C(=O)O)C1CC1. The lowest BCUT2D eigenvalue weighted by Gasteiger charge is -2.27. The number of benzene rings is 1. The Morgan fingerprint density at radius 1 is 1.58 bits per heavy atom. The van der Waals surface area contributed by atoms with Crippen molar-refractivity contribution in [3.63, 3.8) is 0 Å². The van der Waals surface area contributed by atoms with Gasteiger partial charge in [0.1, 0.15) is 5.54 Å². The number of nitrogens with one attached hydrogen (secondary N) is 1. The van der Waals surface area contributed by atoms with Gasteiger partial charge in [0, 0.05) is 6.07 Å². The Labute approximate surface area is 108 Å². The van der Waals surface area contributed by atoms with Crippen LogP contribution in [0.1, 0.15) is 19.8 Å². The quantitative estimate of drug-likeness (QED) is 0.631. The summed E-state index contributed by atoms with van der Waals surface area (Å²) in [6.45, 7) is 1.42. The number of aliphatic carboxylic acids is 1. The van der Waals surface area contributed by atoms with Gasteiger partial charge in [0.2, 0.25) is 0 Å². The molecule has 0 aliphatic heterocycles. The maximum atomic E-state index is 13.7. The van der Waals surface area contributed by atoms with Gasteiger partial charge in [-0.05, 0) is 31.7 Å². The number of nitrogens with zero attached hydrogens (tertiary/aromatic N) is 1. The Bertz CT molecular complexity index is 545. The van der Waals surface area contributed by atoms with Gasteiger partial charge in [-0.2, -0.15) is 0 Å². The van der Waals surface area contributed by atoms with Crippen molar-refractivity contribution in [1.82, 2.24) is 0 Å². The van der Waals surface area contributed by atoms with Crippen LogP contribution in [0.2, 0.25) is 0 Å². The number of para-hydroxylation sites is 1. The Kier molecular flexibility index (Phi) is 3.13. The first kappa shape index (κ1) is 13.3. The zero-order valence-corrected chi connectivity index (χ0v) is 10.2. The maximum Gasteiger partial charge on any atom is 0.329 e. The normalized spacial score (nSPS) is 17.6. The van der Waals surface area contributed by atoms with E-state index in [2.05, 4.69) is 5.32 Å². The van der Waals surface area contributed by atoms with Crippen LogP contribution >= 0.6 is 0 Å². The van der Waals surface area contributed by atoms with Crippen LogP contribution in [-0.2, 0) is 4.79 Å². The summed E-state index contributed by atoms with van der Waals surface area (Å²) in [5.41, 5.74) is -2.23. The monoisotopic (exact) mass is 268 g/mol. The highest BCUT2D eigenvalue weighted by Crippen LogP contribution is 2.43. The number of hydrogen-bond acceptors (Lipinski definition) is 4. The fourth-order valence-corrected chi connectivity index (χ4v) is 2.04. The summed E-state index contributed by atoms with van der Waals surface area (Å²) in [6, 6.07) is 3.42. The molecule has 0 aromatic heterocycles. The van der Waals surface area contributed by atoms with Crippen LogP contribution in [0.15, 0.2) is 18.2 Å². The molecule has 19 heavy (non-hydrogen) atoms. The van der Waals surface area contributed by atoms with Crippen molar-refractivity contribution in [3.8, 4) is 0 Å². The molecule has 6 nitrogen and oxygen atoms in total. The fourth-order valence-electron chi connectivity index (χ4n) is 2.04. The minimum atomic E-state index is -1.40. The first-order chi connectivity index (χ1) is 8.86. The smallest absolute Gasteiger partial charge is 0.329 e. The van der Waals surface area contributed by atoms with Gasteiger partial charge in [0.15, 0.2) is 11.5 Å². The van der Waals surface area contributed by atoms with E-state index in [-0.39, 0.29) is 11.6 Å². The minimum absolute atomic E-state index is 0.149. The topological polar surface area (TPSA) is 92.5 Å². The summed E-state index contributed by atoms with van der Waals surface area (Å²) in [5, 5.41) is 22.7. The third-order valence-electron chi connectivity index (χ3n) is 3.41. The van der Waals surface area contributed by atoms with E-state index in [9.17, 15) is 24.4 Å². The maximum absolute atomic E-state index is 13.7. The second kappa shape index (κ2) is 4.49. The molecule has 1 atom stereocenters. The Morgan fingerprint density at radius 2 is 2.21 bits per heavy atom. The average molecular weight is 268 g/mol. The lowest BCUT2D eigenvalue weighted by atomic mass is 9.95. The standard InChI is InChI=1S/C12H13FN2O4/c1-12(11(16)17,7-5-6-7)14-10-8(13)3-2-4-9(10)15(18)19/h2-4,7,14H,5-6H2,1H3,(H,16,17). The van der Waals surface area contributed by atoms with Gasteiger partial charge in [-0.1, -0.05) is 6.07 Å². The average Bonchev–Trinajstić information content (AvgIpc) is 3.15. The van der Waals surface area contributed by atoms with E-state index in [0.717, 1.165) is 12.1 Å². The van der Waals surface area contributed by atoms with Crippen molar-refractivity contribution in [3.05, 3.63) is 34.1 Å². The second-order valence-corrected chi connectivity index (χ2v) is 4.80. The Balaban J connectivity index is 2.42. The van der Waals surface area contributed by atoms with Crippen LogP contribution in [0.5, 0.6) is 0 Å². The third-order valence-corrected chi connectivity index (χ3v) is 3.41. The molecule has 2 N–H and O–H groups in total. The molecule has 1 aromatic rings. The van der Waals surface area contributed by atoms with Gasteiger partial charge < -0.3 is 10.4 Å². The molecular formula is C12H13FN2O4. The molecular weight excluding hydrogens is 255 g/mol. The molecule has 1 fully saturated rings. The summed E-state index contributed by atoms with van der Waals surface area (Å²) in [7, 11) is 0. The largest absolute Gasteiger partial charge is 0.480 e. The molecule has 0 heterocycles. The van der Waals surface area contributed by atoms with Crippen molar-refractivity contribution in [2.45, 2.75) is 25.3 Å². The molecule has 0 bridgehead atoms. The molecule has 2 rings (SSSR count). The van der Waals surface area contributed by atoms with Gasteiger partial charge in [0.25, 0.3) is 5.69 Å². The molecule has 0 radical (unpaired) electrons. The Hall–Kier alpha value is -2.18. The van der Waals surface area contributed by atoms with Crippen LogP contribution in [0.25, 0.3) is 0 Å². The van der Waals surface area contributed by atoms with Gasteiger partial charge >= 0.3 is 5.97 Å². The summed E-state index contributed by atoms with van der Waals surface area (Å²) >= 11 is 0. The van der Waals surface area contributed by atoms with E-state index in [1.165, 1.54) is 13.0 Å². The van der Waals surface area contributed by atoms with E-state index in [4.69, 9.17) is 0 Å². The fraction of sp³-hybridized carbons (Fsp3) is 0.417. The predicted octanol–water partition coefficient (Wildman–Crippen LogP) is 2.40. The predicted molar refractivity (Wildman–Crippen MR) is 65.4 cm³/mol. The molecule has 1 saturated carbocycles. The molecule has 102 valence electrons. The van der Waals surface area contributed by atoms with E-state index < -0.39 is 27.9 Å². The van der Waals surface area contributed by atoms with Crippen LogP contribution in [-0.4, -0.2) is 21.5 Å². The number of carboxylic acids is 1. The zero-order valence-electron chi connectivity index (χ0n) is 10.2. The number of anilines is 1. The number of nitro groups is 1. The van der Waals surface area contributed by atoms with Gasteiger partial charge in [-0.25, -0.2) is 9.18 Å². The van der Waals surface area contributed by atoms with Crippen LogP contribution in [0.3, 0.4) is 0 Å². The number of hydrogen-bond donors (Lipinski definition) is 2. The van der Waals surface area contributed by atoms with Crippen molar-refractivity contribution in [1.29, 1.82) is 0 Å². The summed E-state index contributed by atoms with van der Waals surface area (Å²) in [6.07, 6.45) is 1.41. The van der Waals surface area contributed by atoms with E-state index in [1.54, 1.807) is 0 Å². The van der Waals surface area contributed by atoms with Crippen molar-refractivity contribution >= 4 is 17.3 Å². The van der Waals surface area contributed by atoms with Crippen LogP contribution in [0.4, 0.5) is 15.8 Å². The first-order valence-electron chi connectivity index (χ1n) is 5.80. The Morgan fingerprint density at radius 3 is 2.68 bits per heavy atom. The summed E-state index contributed by atoms with van der Waals surface area (Å²) in [5.74, 6) is -2.13. The highest BCUT2D eigenvalue weighted by atomic mass is 19.1. The molecule has 1 aliphatic carbocycles. The number of halogens is 1. The van der Waals surface area contributed by atoms with Crippen LogP contribution < -0.4 is 5.32 Å². The molecule has 7 heteroatoms. The number of nitro benzene ring substituents is 1. The van der Waals surface area contributed by atoms with E-state index >= 15 is 0 Å². The number of rotatable bonds is 5. The highest BCUT2D eigenvalue weighted by molar-refractivity contribution is 5.84.